The smallest absolute Gasteiger partial charge is 0.308 e. The van der Waals surface area contributed by atoms with E-state index in [0.29, 0.717) is 11.0 Å². The molecule has 8 heteroatoms. The maximum atomic E-state index is 11.7. The van der Waals surface area contributed by atoms with E-state index >= 15 is 0 Å². The van der Waals surface area contributed by atoms with Crippen LogP contribution in [0.2, 0.25) is 0 Å². The molecule has 21 heavy (non-hydrogen) atoms. The van der Waals surface area contributed by atoms with Crippen molar-refractivity contribution >= 4 is 17.9 Å². The quantitative estimate of drug-likeness (QED) is 0.389. The van der Waals surface area contributed by atoms with Gasteiger partial charge in [-0.25, -0.2) is 0 Å². The maximum Gasteiger partial charge on any atom is 0.308 e. The fourth-order valence-electron chi connectivity index (χ4n) is 1.70. The SMILES string of the molecule is CC(C(=O)O)C(O)CC(=O)OC(CC(=O)O)C[N+](C)(C)C. The Balaban J connectivity index is 4.59. The van der Waals surface area contributed by atoms with Crippen LogP contribution in [0.4, 0.5) is 0 Å². The molecule has 0 bridgehead atoms. The van der Waals surface area contributed by atoms with Gasteiger partial charge in [0, 0.05) is 0 Å². The molecule has 0 aliphatic rings. The fourth-order valence-corrected chi connectivity index (χ4v) is 1.70. The number of hydrogen-bond acceptors (Lipinski definition) is 5. The molecule has 0 saturated carbocycles. The second-order valence-corrected chi connectivity index (χ2v) is 6.08. The van der Waals surface area contributed by atoms with Crippen LogP contribution in [0.15, 0.2) is 0 Å². The summed E-state index contributed by atoms with van der Waals surface area (Å²) in [6, 6.07) is 0. The molecule has 0 heterocycles. The van der Waals surface area contributed by atoms with Crippen LogP contribution in [0.3, 0.4) is 0 Å². The third-order valence-electron chi connectivity index (χ3n) is 2.79. The van der Waals surface area contributed by atoms with Crippen molar-refractivity contribution in [1.29, 1.82) is 0 Å². The zero-order valence-electron chi connectivity index (χ0n) is 12.8. The highest BCUT2D eigenvalue weighted by Gasteiger charge is 2.28. The highest BCUT2D eigenvalue weighted by molar-refractivity contribution is 5.74. The number of likely N-dealkylation sites (N-methyl/N-ethyl adjacent to an activating group) is 1. The van der Waals surface area contributed by atoms with Gasteiger partial charge in [0.2, 0.25) is 0 Å². The Morgan fingerprint density at radius 1 is 1.10 bits per heavy atom. The number of nitrogens with zero attached hydrogens (tertiary/aromatic N) is 1. The number of hydrogen-bond donors (Lipinski definition) is 3. The first-order valence-electron chi connectivity index (χ1n) is 6.55. The molecule has 3 unspecified atom stereocenters. The topological polar surface area (TPSA) is 121 Å². The van der Waals surface area contributed by atoms with E-state index in [9.17, 15) is 19.5 Å². The summed E-state index contributed by atoms with van der Waals surface area (Å²) in [5.41, 5.74) is 0. The average Bonchev–Trinajstić information content (AvgIpc) is 2.23. The molecule has 0 aromatic carbocycles. The summed E-state index contributed by atoms with van der Waals surface area (Å²) >= 11 is 0. The molecule has 3 N–H and O–H groups in total. The number of esters is 1. The first-order valence-corrected chi connectivity index (χ1v) is 6.55. The molecule has 0 saturated heterocycles. The normalized spacial score (nSPS) is 15.9. The molecule has 0 aromatic heterocycles. The van der Waals surface area contributed by atoms with Gasteiger partial charge < -0.3 is 24.5 Å². The minimum absolute atomic E-state index is 0.294. The number of carboxylic acids is 2. The molecule has 0 aliphatic heterocycles. The molecule has 8 nitrogen and oxygen atoms in total. The van der Waals surface area contributed by atoms with E-state index in [1.165, 1.54) is 6.92 Å². The van der Waals surface area contributed by atoms with Gasteiger partial charge >= 0.3 is 17.9 Å². The number of carbonyl (C=O) groups excluding carboxylic acids is 1. The summed E-state index contributed by atoms with van der Waals surface area (Å²) in [5.74, 6) is -4.23. The lowest BCUT2D eigenvalue weighted by Crippen LogP contribution is -2.44. The van der Waals surface area contributed by atoms with Crippen molar-refractivity contribution in [2.75, 3.05) is 27.7 Å². The molecule has 3 atom stereocenters. The van der Waals surface area contributed by atoms with Crippen LogP contribution in [0.5, 0.6) is 0 Å². The number of carbonyl (C=O) groups is 3. The Morgan fingerprint density at radius 3 is 2.00 bits per heavy atom. The average molecular weight is 306 g/mol. The van der Waals surface area contributed by atoms with Crippen molar-refractivity contribution in [1.82, 2.24) is 0 Å². The molecule has 0 aromatic rings. The number of quaternary nitrogens is 1. The van der Waals surface area contributed by atoms with Crippen LogP contribution in [-0.2, 0) is 19.1 Å². The highest BCUT2D eigenvalue weighted by Crippen LogP contribution is 2.11. The van der Waals surface area contributed by atoms with Crippen molar-refractivity contribution in [3.8, 4) is 0 Å². The Morgan fingerprint density at radius 2 is 1.62 bits per heavy atom. The highest BCUT2D eigenvalue weighted by atomic mass is 16.5. The van der Waals surface area contributed by atoms with E-state index < -0.39 is 42.5 Å². The molecule has 122 valence electrons. The van der Waals surface area contributed by atoms with Gasteiger partial charge in [0.15, 0.2) is 6.10 Å². The van der Waals surface area contributed by atoms with Gasteiger partial charge in [0.05, 0.1) is 46.0 Å². The lowest BCUT2D eigenvalue weighted by atomic mass is 10.0. The number of aliphatic hydroxyl groups is 1. The molecular formula is C13H24NO7+. The second kappa shape index (κ2) is 7.94. The summed E-state index contributed by atoms with van der Waals surface area (Å²) in [4.78, 5) is 33.1. The summed E-state index contributed by atoms with van der Waals surface area (Å²) in [7, 11) is 5.47. The largest absolute Gasteiger partial charge is 0.481 e. The van der Waals surface area contributed by atoms with Gasteiger partial charge in [-0.3, -0.25) is 14.4 Å². The first-order chi connectivity index (χ1) is 9.42. The Bertz CT molecular complexity index is 388. The van der Waals surface area contributed by atoms with E-state index in [1.807, 2.05) is 21.1 Å². The van der Waals surface area contributed by atoms with Crippen molar-refractivity contribution in [3.63, 3.8) is 0 Å². The van der Waals surface area contributed by atoms with Crippen LogP contribution in [0.1, 0.15) is 19.8 Å². The van der Waals surface area contributed by atoms with Crippen LogP contribution < -0.4 is 0 Å². The number of rotatable bonds is 9. The lowest BCUT2D eigenvalue weighted by molar-refractivity contribution is -0.873. The molecule has 0 amide bonds. The van der Waals surface area contributed by atoms with Gasteiger partial charge in [-0.05, 0) is 6.92 Å². The van der Waals surface area contributed by atoms with E-state index in [2.05, 4.69) is 0 Å². The van der Waals surface area contributed by atoms with E-state index in [-0.39, 0.29) is 6.42 Å². The minimum Gasteiger partial charge on any atom is -0.481 e. The Labute approximate surface area is 123 Å². The third-order valence-corrected chi connectivity index (χ3v) is 2.79. The van der Waals surface area contributed by atoms with Crippen molar-refractivity contribution in [2.45, 2.75) is 32.0 Å². The van der Waals surface area contributed by atoms with E-state index in [1.54, 1.807) is 0 Å². The predicted octanol–water partition coefficient (Wildman–Crippen LogP) is -0.449. The van der Waals surface area contributed by atoms with Crippen LogP contribution in [-0.4, -0.2) is 77.6 Å². The first kappa shape index (κ1) is 19.3. The molecule has 0 fully saturated rings. The number of aliphatic carboxylic acids is 2. The van der Waals surface area contributed by atoms with E-state index in [0.717, 1.165) is 0 Å². The summed E-state index contributed by atoms with van der Waals surface area (Å²) in [6.07, 6.45) is -3.03. The number of ether oxygens (including phenoxy) is 1. The molecule has 0 radical (unpaired) electrons. The van der Waals surface area contributed by atoms with Crippen LogP contribution >= 0.6 is 0 Å². The fraction of sp³-hybridized carbons (Fsp3) is 0.769. The minimum atomic E-state index is -1.37. The second-order valence-electron chi connectivity index (χ2n) is 6.08. The van der Waals surface area contributed by atoms with Crippen LogP contribution in [0, 0.1) is 5.92 Å². The maximum absolute atomic E-state index is 11.7. The lowest BCUT2D eigenvalue weighted by Gasteiger charge is -2.28. The van der Waals surface area contributed by atoms with Gasteiger partial charge in [-0.1, -0.05) is 0 Å². The zero-order chi connectivity index (χ0) is 16.8. The Hall–Kier alpha value is -1.67. The standard InChI is InChI=1S/C13H23NO7/c1-8(13(19)20)10(15)6-12(18)21-9(5-11(16)17)7-14(2,3)4/h8-10,15H,5-7H2,1-4H3,(H-,16,17,19,20)/p+1. The van der Waals surface area contributed by atoms with Gasteiger partial charge in [0.25, 0.3) is 0 Å². The van der Waals surface area contributed by atoms with Gasteiger partial charge in [-0.15, -0.1) is 0 Å². The third kappa shape index (κ3) is 8.98. The van der Waals surface area contributed by atoms with Crippen molar-refractivity contribution in [2.24, 2.45) is 5.92 Å². The number of carboxylic acid groups (broad SMARTS) is 2. The molecule has 0 spiro atoms. The zero-order valence-corrected chi connectivity index (χ0v) is 12.8. The number of aliphatic hydroxyl groups excluding tert-OH is 1. The van der Waals surface area contributed by atoms with Crippen molar-refractivity contribution in [3.05, 3.63) is 0 Å². The van der Waals surface area contributed by atoms with E-state index in [4.69, 9.17) is 14.9 Å². The van der Waals surface area contributed by atoms with Crippen LogP contribution in [0.25, 0.3) is 0 Å². The molecule has 0 rings (SSSR count). The summed E-state index contributed by atoms with van der Waals surface area (Å²) in [6.45, 7) is 1.57. The monoisotopic (exact) mass is 306 g/mol. The summed E-state index contributed by atoms with van der Waals surface area (Å²) < 4.78 is 5.45. The Kier molecular flexibility index (Phi) is 7.31. The summed E-state index contributed by atoms with van der Waals surface area (Å²) in [5, 5.41) is 27.1. The molecule has 0 aliphatic carbocycles. The van der Waals surface area contributed by atoms with Gasteiger partial charge in [-0.2, -0.15) is 0 Å². The predicted molar refractivity (Wildman–Crippen MR) is 72.5 cm³/mol. The molecular weight excluding hydrogens is 282 g/mol. The van der Waals surface area contributed by atoms with Gasteiger partial charge in [0.1, 0.15) is 6.54 Å². The van der Waals surface area contributed by atoms with Crippen molar-refractivity contribution < 1.29 is 38.9 Å².